The fourth-order valence-corrected chi connectivity index (χ4v) is 5.59. The van der Waals surface area contributed by atoms with Gasteiger partial charge in [0.05, 0.1) is 17.8 Å². The first kappa shape index (κ1) is 23.3. The SMILES string of the molecule is C=C1/C(=C\C=C2/CCC[C@]3(C)C(=C=CCCCC(C)(C)O)CC[C@@H]23)C[C@@H](O)C[C@@H]1O. The van der Waals surface area contributed by atoms with Crippen molar-refractivity contribution in [2.45, 2.75) is 103 Å². The summed E-state index contributed by atoms with van der Waals surface area (Å²) < 4.78 is 0. The van der Waals surface area contributed by atoms with Crippen LogP contribution in [0.4, 0.5) is 0 Å². The second-order valence-corrected chi connectivity index (χ2v) is 10.5. The quantitative estimate of drug-likeness (QED) is 0.411. The van der Waals surface area contributed by atoms with Crippen LogP contribution in [-0.2, 0) is 0 Å². The Balaban J connectivity index is 1.73. The molecule has 0 aromatic rings. The van der Waals surface area contributed by atoms with Gasteiger partial charge in [-0.2, -0.15) is 0 Å². The maximum atomic E-state index is 10.1. The summed E-state index contributed by atoms with van der Waals surface area (Å²) in [6, 6.07) is 0. The van der Waals surface area contributed by atoms with Crippen LogP contribution in [0.2, 0.25) is 0 Å². The molecule has 4 atom stereocenters. The Morgan fingerprint density at radius 2 is 2.00 bits per heavy atom. The largest absolute Gasteiger partial charge is 0.393 e. The minimum absolute atomic E-state index is 0.192. The van der Waals surface area contributed by atoms with Gasteiger partial charge in [-0.05, 0) is 100 Å². The minimum Gasteiger partial charge on any atom is -0.393 e. The van der Waals surface area contributed by atoms with Crippen molar-refractivity contribution in [3.8, 4) is 0 Å². The normalized spacial score (nSPS) is 34.9. The molecule has 3 rings (SSSR count). The van der Waals surface area contributed by atoms with Crippen molar-refractivity contribution < 1.29 is 15.3 Å². The standard InChI is InChI=1S/C27H40O3/c1-19-21(17-23(28)18-25(19)29)12-11-20-9-8-16-27(4)22(13-14-24(20)27)10-6-5-7-15-26(2,3)30/h6,11-12,23-25,28-30H,1,5,7-9,13-18H2,2-4H3/b20-11+,21-12-/t10?,23-,24+,25+,27-/m1/s1. The number of allylic oxidation sites excluding steroid dienone is 4. The predicted molar refractivity (Wildman–Crippen MR) is 123 cm³/mol. The molecule has 3 nitrogen and oxygen atoms in total. The molecule has 0 unspecified atom stereocenters. The summed E-state index contributed by atoms with van der Waals surface area (Å²) in [4.78, 5) is 0. The molecule has 3 aliphatic carbocycles. The van der Waals surface area contributed by atoms with Crippen LogP contribution in [0, 0.1) is 11.3 Å². The summed E-state index contributed by atoms with van der Waals surface area (Å²) in [5.41, 5.74) is 7.95. The fraction of sp³-hybridized carbons (Fsp3) is 0.667. The zero-order valence-corrected chi connectivity index (χ0v) is 19.1. The maximum absolute atomic E-state index is 10.1. The molecule has 30 heavy (non-hydrogen) atoms. The Morgan fingerprint density at radius 3 is 2.73 bits per heavy atom. The molecule has 0 aliphatic heterocycles. The van der Waals surface area contributed by atoms with Crippen molar-refractivity contribution in [1.29, 1.82) is 0 Å². The van der Waals surface area contributed by atoms with Crippen molar-refractivity contribution in [2.75, 3.05) is 0 Å². The molecule has 0 aromatic heterocycles. The molecule has 3 aliphatic rings. The van der Waals surface area contributed by atoms with E-state index < -0.39 is 17.8 Å². The van der Waals surface area contributed by atoms with Gasteiger partial charge in [0.15, 0.2) is 0 Å². The van der Waals surface area contributed by atoms with Crippen molar-refractivity contribution >= 4 is 0 Å². The topological polar surface area (TPSA) is 60.7 Å². The van der Waals surface area contributed by atoms with Gasteiger partial charge in [-0.1, -0.05) is 31.2 Å². The summed E-state index contributed by atoms with van der Waals surface area (Å²) in [5, 5.41) is 30.0. The fourth-order valence-electron chi connectivity index (χ4n) is 5.59. The van der Waals surface area contributed by atoms with E-state index in [-0.39, 0.29) is 5.41 Å². The number of hydrogen-bond acceptors (Lipinski definition) is 3. The lowest BCUT2D eigenvalue weighted by molar-refractivity contribution is 0.0691. The van der Waals surface area contributed by atoms with Gasteiger partial charge in [0.2, 0.25) is 0 Å². The Labute approximate surface area is 182 Å². The summed E-state index contributed by atoms with van der Waals surface area (Å²) >= 11 is 0. The van der Waals surface area contributed by atoms with E-state index in [1.807, 2.05) is 13.8 Å². The zero-order valence-electron chi connectivity index (χ0n) is 19.1. The second kappa shape index (κ2) is 9.40. The minimum atomic E-state index is -0.627. The maximum Gasteiger partial charge on any atom is 0.0811 e. The molecule has 3 saturated carbocycles. The van der Waals surface area contributed by atoms with Crippen molar-refractivity contribution in [3.05, 3.63) is 52.8 Å². The zero-order chi connectivity index (χ0) is 21.9. The Hall–Kier alpha value is -1.38. The highest BCUT2D eigenvalue weighted by atomic mass is 16.3. The smallest absolute Gasteiger partial charge is 0.0811 e. The molecule has 0 bridgehead atoms. The monoisotopic (exact) mass is 412 g/mol. The van der Waals surface area contributed by atoms with Crippen LogP contribution in [-0.4, -0.2) is 33.1 Å². The van der Waals surface area contributed by atoms with Crippen LogP contribution < -0.4 is 0 Å². The third-order valence-electron chi connectivity index (χ3n) is 7.43. The van der Waals surface area contributed by atoms with Gasteiger partial charge in [0, 0.05) is 11.8 Å². The van der Waals surface area contributed by atoms with Crippen LogP contribution in [0.15, 0.2) is 52.8 Å². The predicted octanol–water partition coefficient (Wildman–Crippen LogP) is 5.53. The number of rotatable bonds is 5. The molecule has 3 N–H and O–H groups in total. The molecule has 0 spiro atoms. The van der Waals surface area contributed by atoms with E-state index in [9.17, 15) is 15.3 Å². The van der Waals surface area contributed by atoms with E-state index in [1.165, 1.54) is 30.4 Å². The number of fused-ring (bicyclic) bond motifs is 1. The van der Waals surface area contributed by atoms with E-state index in [0.29, 0.717) is 18.8 Å². The van der Waals surface area contributed by atoms with Crippen molar-refractivity contribution in [1.82, 2.24) is 0 Å². The Kier molecular flexibility index (Phi) is 7.30. The van der Waals surface area contributed by atoms with Crippen molar-refractivity contribution in [2.24, 2.45) is 11.3 Å². The molecule has 3 fully saturated rings. The first-order valence-corrected chi connectivity index (χ1v) is 11.7. The number of aliphatic hydroxyl groups is 3. The third-order valence-corrected chi connectivity index (χ3v) is 7.43. The Bertz CT molecular complexity index is 772. The molecule has 3 heteroatoms. The van der Waals surface area contributed by atoms with Gasteiger partial charge in [-0.25, -0.2) is 0 Å². The third kappa shape index (κ3) is 5.45. The average molecular weight is 413 g/mol. The first-order chi connectivity index (χ1) is 14.1. The summed E-state index contributed by atoms with van der Waals surface area (Å²) in [5.74, 6) is 0.557. The molecule has 0 heterocycles. The van der Waals surface area contributed by atoms with Gasteiger partial charge in [0.25, 0.3) is 0 Å². The van der Waals surface area contributed by atoms with Gasteiger partial charge in [-0.15, -0.1) is 5.73 Å². The number of hydrogen-bond donors (Lipinski definition) is 3. The first-order valence-electron chi connectivity index (χ1n) is 11.7. The lowest BCUT2D eigenvalue weighted by atomic mass is 9.65. The highest BCUT2D eigenvalue weighted by molar-refractivity contribution is 5.39. The van der Waals surface area contributed by atoms with Crippen LogP contribution >= 0.6 is 0 Å². The second-order valence-electron chi connectivity index (χ2n) is 10.5. The van der Waals surface area contributed by atoms with Gasteiger partial charge in [0.1, 0.15) is 0 Å². The lowest BCUT2D eigenvalue weighted by Crippen LogP contribution is -2.29. The summed E-state index contributed by atoms with van der Waals surface area (Å²) in [7, 11) is 0. The lowest BCUT2D eigenvalue weighted by Gasteiger charge is -2.38. The molecule has 166 valence electrons. The Morgan fingerprint density at radius 1 is 1.23 bits per heavy atom. The van der Waals surface area contributed by atoms with E-state index in [1.54, 1.807) is 0 Å². The molecule has 0 amide bonds. The highest BCUT2D eigenvalue weighted by Crippen LogP contribution is 2.56. The molecule has 0 radical (unpaired) electrons. The van der Waals surface area contributed by atoms with E-state index in [2.05, 4.69) is 37.5 Å². The molecule has 0 saturated heterocycles. The van der Waals surface area contributed by atoms with E-state index in [4.69, 9.17) is 0 Å². The summed E-state index contributed by atoms with van der Waals surface area (Å²) in [6.07, 6.45) is 15.0. The van der Waals surface area contributed by atoms with E-state index in [0.717, 1.165) is 43.3 Å². The summed E-state index contributed by atoms with van der Waals surface area (Å²) in [6.45, 7) is 10.2. The molecular formula is C27H40O3. The average Bonchev–Trinajstić information content (AvgIpc) is 2.99. The van der Waals surface area contributed by atoms with Gasteiger partial charge >= 0.3 is 0 Å². The van der Waals surface area contributed by atoms with Gasteiger partial charge in [-0.3, -0.25) is 0 Å². The molecule has 0 aromatic carbocycles. The van der Waals surface area contributed by atoms with Crippen LogP contribution in [0.3, 0.4) is 0 Å². The highest BCUT2D eigenvalue weighted by Gasteiger charge is 2.46. The van der Waals surface area contributed by atoms with Crippen LogP contribution in [0.1, 0.15) is 85.0 Å². The van der Waals surface area contributed by atoms with Crippen LogP contribution in [0.5, 0.6) is 0 Å². The van der Waals surface area contributed by atoms with Crippen molar-refractivity contribution in [3.63, 3.8) is 0 Å². The van der Waals surface area contributed by atoms with Gasteiger partial charge < -0.3 is 15.3 Å². The molecular weight excluding hydrogens is 372 g/mol. The van der Waals surface area contributed by atoms with E-state index >= 15 is 0 Å². The number of aliphatic hydroxyl groups excluding tert-OH is 2. The van der Waals surface area contributed by atoms with Crippen LogP contribution in [0.25, 0.3) is 0 Å². The number of unbranched alkanes of at least 4 members (excludes halogenated alkanes) is 1.